The van der Waals surface area contributed by atoms with Crippen LogP contribution in [-0.2, 0) is 32.1 Å². The third-order valence-electron chi connectivity index (χ3n) is 26.0. The molecule has 15 heterocycles. The van der Waals surface area contributed by atoms with Gasteiger partial charge in [-0.25, -0.2) is 43.1 Å². The molecule has 4 atom stereocenters. The number of carbonyl (C=O) groups excluding carboxylic acids is 1. The molecule has 2 aliphatic carbocycles. The number of hydrogen-bond acceptors (Lipinski definition) is 22. The molecule has 29 heteroatoms. The minimum absolute atomic E-state index is 0.00798. The van der Waals surface area contributed by atoms with Gasteiger partial charge in [0, 0.05) is 112 Å². The molecule has 1 unspecified atom stereocenters. The van der Waals surface area contributed by atoms with Crippen LogP contribution in [0.5, 0.6) is 0 Å². The molecule has 20 rings (SSSR count). The molecule has 8 N–H and O–H groups in total. The maximum Gasteiger partial charge on any atom is 0.259 e. The van der Waals surface area contributed by atoms with Crippen LogP contribution in [0.25, 0.3) is 66.5 Å². The molecule has 0 radical (unpaired) electrons. The SMILES string of the molecule is O=C(Nc1ccc(-c2cc(Nc3ccc(N4CCC(OC5OCC56CN(Cc5ccc(F)c(-c7cc(Nc8ccc(N9CCC(O)CC9)cn8)c8c(=O)[nH]ccc8n7)c5)C6)CC4)cn3)c3c(=O)[nH]ccc3n2)c(F)c1)[C@H]1C[C@@]2(OC3CCN(c4ccc(Nc5cc(-c6cc(CN7CCCCC7)ccc6F)nc6cc[nH]c(=O)c56)nc4)CC3)CC[C@@H]1C2. The Morgan fingerprint density at radius 1 is 0.504 bits per heavy atom. The summed E-state index contributed by atoms with van der Waals surface area (Å²) in [6, 6.07) is 36.6. The highest BCUT2D eigenvalue weighted by Crippen LogP contribution is 2.55. The van der Waals surface area contributed by atoms with Crippen molar-refractivity contribution in [1.82, 2.24) is 54.7 Å². The Morgan fingerprint density at radius 3 is 1.45 bits per heavy atom. The number of nitrogens with one attached hydrogen (secondary N) is 7. The number of aliphatic hydroxyl groups is 1. The van der Waals surface area contributed by atoms with Crippen molar-refractivity contribution in [3.8, 4) is 33.8 Å². The van der Waals surface area contributed by atoms with Gasteiger partial charge in [0.05, 0.1) is 138 Å². The van der Waals surface area contributed by atoms with E-state index in [1.165, 1.54) is 37.0 Å². The van der Waals surface area contributed by atoms with Crippen LogP contribution >= 0.6 is 0 Å². The predicted molar refractivity (Wildman–Crippen MR) is 459 cm³/mol. The molecule has 6 saturated heterocycles. The molecular formula is C92H93F3N18O8. The summed E-state index contributed by atoms with van der Waals surface area (Å²) in [6.07, 6.45) is 20.6. The molecule has 2 saturated carbocycles. The van der Waals surface area contributed by atoms with E-state index in [-0.39, 0.29) is 86.9 Å². The molecule has 2 bridgehead atoms. The third kappa shape index (κ3) is 15.9. The standard InChI is InChI=1S/C92H93F3N18O8/c93-68-11-4-54(49-109-30-2-1-3-31-109)38-65(68)75-42-78(84-72(104-75)18-28-97-88(84)117)108-82-15-9-60(48-101-82)113-36-24-63(25-37-113)121-92-26-16-56(44-92)67(45-92)86(115)102-57-6-10-64(70(95)40-57)74-41-77(83-71(103-74)17-27-96-87(83)116)106-80-14-8-59(47-100-80)112-34-22-62(23-35-112)120-90-91(53-119-90)51-110(52-91)50-55-5-12-69(94)66(39-55)76-43-79(85-73(105-76)19-29-98-89(85)118)107-81-13-7-58(46-99-81)111-32-20-61(114)21-33-111/h4-15,17-19,27-29,38-43,46-48,56,61-63,67,90,114H,1-3,16,20-26,30-37,44-45,49-53H2,(H,96,116)(H,97,117)(H,98,118)(H,102,115)(H,99,105,107)(H,100,103,106)(H,101,104,108)/t56-,67+,90?,92-/m1/s1. The predicted octanol–water partition coefficient (Wildman–Crippen LogP) is 14.2. The van der Waals surface area contributed by atoms with E-state index in [0.29, 0.717) is 122 Å². The number of aliphatic hydroxyl groups excluding tert-OH is 1. The van der Waals surface area contributed by atoms with Gasteiger partial charge in [0.1, 0.15) is 34.9 Å². The molecule has 6 aliphatic heterocycles. The number of fused-ring (bicyclic) bond motifs is 5. The first-order valence-electron chi connectivity index (χ1n) is 42.3. The smallest absolute Gasteiger partial charge is 0.259 e. The molecule has 620 valence electrons. The van der Waals surface area contributed by atoms with Gasteiger partial charge in [-0.1, -0.05) is 18.6 Å². The van der Waals surface area contributed by atoms with Gasteiger partial charge in [0.25, 0.3) is 16.7 Å². The first-order valence-corrected chi connectivity index (χ1v) is 42.3. The number of anilines is 10. The van der Waals surface area contributed by atoms with Crippen molar-refractivity contribution in [2.75, 3.05) is 108 Å². The first kappa shape index (κ1) is 77.6. The molecule has 12 aromatic rings. The summed E-state index contributed by atoms with van der Waals surface area (Å²) in [5.74, 6) is -0.226. The van der Waals surface area contributed by atoms with E-state index in [1.54, 1.807) is 73.2 Å². The summed E-state index contributed by atoms with van der Waals surface area (Å²) in [5.41, 5.74) is 7.94. The van der Waals surface area contributed by atoms with Gasteiger partial charge in [-0.05, 0) is 222 Å². The number of rotatable bonds is 22. The average Bonchev–Trinajstić information content (AvgIpc) is 1.44. The fourth-order valence-electron chi connectivity index (χ4n) is 19.6. The van der Waals surface area contributed by atoms with Crippen molar-refractivity contribution in [2.45, 2.75) is 127 Å². The Balaban J connectivity index is 0.422. The summed E-state index contributed by atoms with van der Waals surface area (Å²) < 4.78 is 67.9. The van der Waals surface area contributed by atoms with Crippen LogP contribution < -0.4 is 52.6 Å². The van der Waals surface area contributed by atoms with E-state index >= 15 is 13.2 Å². The van der Waals surface area contributed by atoms with Gasteiger partial charge in [0.2, 0.25) is 5.91 Å². The van der Waals surface area contributed by atoms with Crippen LogP contribution in [0.4, 0.5) is 70.4 Å². The highest BCUT2D eigenvalue weighted by Gasteiger charge is 2.58. The van der Waals surface area contributed by atoms with Crippen LogP contribution in [0.3, 0.4) is 0 Å². The largest absolute Gasteiger partial charge is 0.393 e. The number of pyridine rings is 9. The topological polar surface area (TPSA) is 305 Å². The second-order valence-corrected chi connectivity index (χ2v) is 34.1. The van der Waals surface area contributed by atoms with Crippen LogP contribution in [-0.4, -0.2) is 168 Å². The van der Waals surface area contributed by atoms with Gasteiger partial charge < -0.3 is 70.2 Å². The van der Waals surface area contributed by atoms with Crippen LogP contribution in [0.15, 0.2) is 179 Å². The van der Waals surface area contributed by atoms with Crippen LogP contribution in [0.2, 0.25) is 0 Å². The van der Waals surface area contributed by atoms with Gasteiger partial charge in [-0.15, -0.1) is 0 Å². The van der Waals surface area contributed by atoms with Gasteiger partial charge in [-0.3, -0.25) is 29.0 Å². The lowest BCUT2D eigenvalue weighted by Crippen LogP contribution is -2.71. The van der Waals surface area contributed by atoms with Gasteiger partial charge in [-0.2, -0.15) is 0 Å². The van der Waals surface area contributed by atoms with Crippen molar-refractivity contribution in [2.24, 2.45) is 17.3 Å². The Kier molecular flexibility index (Phi) is 20.9. The lowest BCUT2D eigenvalue weighted by Gasteiger charge is -2.60. The summed E-state index contributed by atoms with van der Waals surface area (Å²) in [4.78, 5) is 102. The summed E-state index contributed by atoms with van der Waals surface area (Å²) in [7, 11) is 0. The monoisotopic (exact) mass is 1630 g/mol. The Labute approximate surface area is 694 Å². The zero-order valence-corrected chi connectivity index (χ0v) is 66.8. The number of piperidine rings is 4. The number of aromatic nitrogens is 9. The van der Waals surface area contributed by atoms with E-state index in [4.69, 9.17) is 39.1 Å². The summed E-state index contributed by atoms with van der Waals surface area (Å²) in [6.45, 7) is 9.90. The number of H-pyrrole nitrogens is 3. The number of amides is 1. The third-order valence-corrected chi connectivity index (χ3v) is 26.0. The van der Waals surface area contributed by atoms with Gasteiger partial charge in [0.15, 0.2) is 6.29 Å². The second kappa shape index (κ2) is 32.5. The Bertz CT molecular complexity index is 6110. The Hall–Kier alpha value is -12.0. The maximum absolute atomic E-state index is 16.6. The second-order valence-electron chi connectivity index (χ2n) is 34.1. The minimum Gasteiger partial charge on any atom is -0.393 e. The molecule has 121 heavy (non-hydrogen) atoms. The maximum atomic E-state index is 16.6. The van der Waals surface area contributed by atoms with Crippen molar-refractivity contribution in [3.63, 3.8) is 0 Å². The van der Waals surface area contributed by atoms with Gasteiger partial charge >= 0.3 is 0 Å². The molecule has 3 aromatic carbocycles. The number of halogens is 3. The molecular weight excluding hydrogens is 1540 g/mol. The number of carbonyl (C=O) groups is 1. The fourth-order valence-corrected chi connectivity index (χ4v) is 19.6. The molecule has 9 aromatic heterocycles. The van der Waals surface area contributed by atoms with E-state index in [2.05, 4.69) is 65.7 Å². The molecule has 26 nitrogen and oxygen atoms in total. The van der Waals surface area contributed by atoms with Crippen molar-refractivity contribution in [1.29, 1.82) is 0 Å². The molecule has 8 fully saturated rings. The number of hydrogen-bond donors (Lipinski definition) is 8. The molecule has 1 amide bonds. The molecule has 1 spiro atoms. The van der Waals surface area contributed by atoms with E-state index < -0.39 is 17.2 Å². The number of ether oxygens (including phenoxy) is 3. The lowest BCUT2D eigenvalue weighted by atomic mass is 9.75. The number of likely N-dealkylation sites (tertiary alicyclic amines) is 2. The lowest BCUT2D eigenvalue weighted by molar-refractivity contribution is -0.357. The zero-order valence-electron chi connectivity index (χ0n) is 66.8. The van der Waals surface area contributed by atoms with E-state index in [1.807, 2.05) is 60.8 Å². The first-order chi connectivity index (χ1) is 59.0. The fraction of sp³-hybridized carbons (Fsp3) is 0.370. The van der Waals surface area contributed by atoms with E-state index in [9.17, 15) is 24.3 Å². The number of nitrogens with zero attached hydrogens (tertiary/aromatic N) is 11. The normalized spacial score (nSPS) is 21.0. The van der Waals surface area contributed by atoms with Crippen LogP contribution in [0.1, 0.15) is 94.6 Å². The average molecular weight is 1640 g/mol. The highest BCUT2D eigenvalue weighted by molar-refractivity contribution is 5.98. The number of benzene rings is 3. The van der Waals surface area contributed by atoms with E-state index in [0.717, 1.165) is 158 Å². The highest BCUT2D eigenvalue weighted by atomic mass is 19.1. The quantitative estimate of drug-likeness (QED) is 0.0313. The molecule has 8 aliphatic rings. The van der Waals surface area contributed by atoms with Crippen molar-refractivity contribution >= 4 is 95.9 Å². The number of aromatic amines is 3. The van der Waals surface area contributed by atoms with Crippen LogP contribution in [0, 0.1) is 34.7 Å². The summed E-state index contributed by atoms with van der Waals surface area (Å²) in [5, 5.41) is 24.0. The zero-order chi connectivity index (χ0) is 82.0. The Morgan fingerprint density at radius 2 is 0.983 bits per heavy atom. The van der Waals surface area contributed by atoms with Crippen molar-refractivity contribution < 1.29 is 37.3 Å². The minimum atomic E-state index is -0.594. The summed E-state index contributed by atoms with van der Waals surface area (Å²) >= 11 is 0. The van der Waals surface area contributed by atoms with Crippen molar-refractivity contribution in [3.05, 3.63) is 224 Å².